The van der Waals surface area contributed by atoms with E-state index in [2.05, 4.69) is 31.0 Å². The van der Waals surface area contributed by atoms with Crippen LogP contribution in [0.1, 0.15) is 0 Å². The molecule has 0 amide bonds. The highest BCUT2D eigenvalue weighted by Crippen LogP contribution is 2.17. The summed E-state index contributed by atoms with van der Waals surface area (Å²) in [5, 5.41) is 4.41. The van der Waals surface area contributed by atoms with Crippen LogP contribution in [-0.2, 0) is 0 Å². The van der Waals surface area contributed by atoms with Crippen LogP contribution in [0, 0.1) is 0 Å². The largest absolute Gasteiger partial charge is 0.265 e. The molecule has 3 heterocycles. The van der Waals surface area contributed by atoms with Crippen molar-refractivity contribution in [2.45, 2.75) is 0 Å². The first-order chi connectivity index (χ1) is 7.84. The van der Waals surface area contributed by atoms with Gasteiger partial charge >= 0.3 is 0 Å². The molecule has 3 aromatic rings. The minimum atomic E-state index is 0.703. The fourth-order valence-corrected chi connectivity index (χ4v) is 1.91. The molecule has 0 aliphatic carbocycles. The smallest absolute Gasteiger partial charge is 0.182 e. The summed E-state index contributed by atoms with van der Waals surface area (Å²) in [6.07, 6.45) is 3.46. The maximum atomic E-state index is 4.44. The number of nitrogens with zero attached hydrogens (tertiary/aromatic N) is 4. The first-order valence-corrected chi connectivity index (χ1v) is 5.55. The summed E-state index contributed by atoms with van der Waals surface area (Å²) >= 11 is 3.43. The van der Waals surface area contributed by atoms with E-state index < -0.39 is 0 Å². The maximum absolute atomic E-state index is 4.44. The Morgan fingerprint density at radius 3 is 2.62 bits per heavy atom. The molecule has 0 saturated heterocycles. The van der Waals surface area contributed by atoms with Gasteiger partial charge in [0, 0.05) is 18.0 Å². The fraction of sp³-hybridized carbons (Fsp3) is 0. The minimum Gasteiger partial charge on any atom is -0.265 e. The highest BCUT2D eigenvalue weighted by molar-refractivity contribution is 9.10. The molecule has 0 bridgehead atoms. The van der Waals surface area contributed by atoms with E-state index in [1.807, 2.05) is 30.3 Å². The van der Waals surface area contributed by atoms with Crippen molar-refractivity contribution in [2.24, 2.45) is 0 Å². The van der Waals surface area contributed by atoms with Gasteiger partial charge < -0.3 is 0 Å². The van der Waals surface area contributed by atoms with Gasteiger partial charge in [0.1, 0.15) is 4.60 Å². The zero-order valence-electron chi connectivity index (χ0n) is 8.21. The van der Waals surface area contributed by atoms with Crippen LogP contribution >= 0.6 is 15.9 Å². The number of halogens is 1. The lowest BCUT2D eigenvalue weighted by atomic mass is 10.3. The number of hydrogen-bond acceptors (Lipinski definition) is 3. The Morgan fingerprint density at radius 2 is 1.88 bits per heavy atom. The number of aromatic nitrogens is 4. The lowest BCUT2D eigenvalue weighted by Gasteiger charge is -1.92. The lowest BCUT2D eigenvalue weighted by Crippen LogP contribution is -1.88. The summed E-state index contributed by atoms with van der Waals surface area (Å²) in [4.78, 5) is 8.41. The van der Waals surface area contributed by atoms with Gasteiger partial charge in [0.15, 0.2) is 11.5 Å². The minimum absolute atomic E-state index is 0.703. The fourth-order valence-electron chi connectivity index (χ4n) is 1.50. The monoisotopic (exact) mass is 274 g/mol. The molecule has 0 radical (unpaired) electrons. The topological polar surface area (TPSA) is 43.1 Å². The maximum Gasteiger partial charge on any atom is 0.182 e. The van der Waals surface area contributed by atoms with Crippen molar-refractivity contribution in [1.29, 1.82) is 0 Å². The van der Waals surface area contributed by atoms with Crippen LogP contribution in [0.4, 0.5) is 0 Å². The van der Waals surface area contributed by atoms with Gasteiger partial charge in [-0.05, 0) is 40.2 Å². The number of rotatable bonds is 1. The Bertz CT molecular complexity index is 633. The average Bonchev–Trinajstić information content (AvgIpc) is 2.76. The van der Waals surface area contributed by atoms with E-state index in [9.17, 15) is 0 Å². The van der Waals surface area contributed by atoms with Crippen LogP contribution in [0.3, 0.4) is 0 Å². The summed E-state index contributed by atoms with van der Waals surface area (Å²) < 4.78 is 2.65. The van der Waals surface area contributed by atoms with E-state index >= 15 is 0 Å². The van der Waals surface area contributed by atoms with Crippen molar-refractivity contribution in [3.8, 4) is 11.4 Å². The zero-order valence-corrected chi connectivity index (χ0v) is 9.79. The summed E-state index contributed by atoms with van der Waals surface area (Å²) in [7, 11) is 0. The average molecular weight is 275 g/mol. The van der Waals surface area contributed by atoms with Crippen molar-refractivity contribution < 1.29 is 0 Å². The molecule has 3 aromatic heterocycles. The SMILES string of the molecule is Brc1cccc2nc(-c3ccncc3)nn12. The van der Waals surface area contributed by atoms with E-state index in [1.54, 1.807) is 16.9 Å². The van der Waals surface area contributed by atoms with Crippen LogP contribution < -0.4 is 0 Å². The number of pyridine rings is 2. The van der Waals surface area contributed by atoms with E-state index in [-0.39, 0.29) is 0 Å². The molecule has 0 spiro atoms. The number of hydrogen-bond donors (Lipinski definition) is 0. The molecule has 0 aromatic carbocycles. The van der Waals surface area contributed by atoms with E-state index in [0.29, 0.717) is 5.82 Å². The van der Waals surface area contributed by atoms with Crippen LogP contribution in [0.15, 0.2) is 47.3 Å². The molecule has 0 aliphatic rings. The highest BCUT2D eigenvalue weighted by atomic mass is 79.9. The molecule has 5 heteroatoms. The highest BCUT2D eigenvalue weighted by Gasteiger charge is 2.06. The molecular weight excluding hydrogens is 268 g/mol. The van der Waals surface area contributed by atoms with Gasteiger partial charge in [-0.1, -0.05) is 6.07 Å². The molecule has 0 fully saturated rings. The third kappa shape index (κ3) is 1.49. The van der Waals surface area contributed by atoms with Crippen molar-refractivity contribution in [1.82, 2.24) is 19.6 Å². The van der Waals surface area contributed by atoms with Crippen LogP contribution in [0.5, 0.6) is 0 Å². The standard InChI is InChI=1S/C11H7BrN4/c12-9-2-1-3-10-14-11(15-16(9)10)8-4-6-13-7-5-8/h1-7H. The molecule has 0 atom stereocenters. The Kier molecular flexibility index (Phi) is 2.18. The molecular formula is C11H7BrN4. The van der Waals surface area contributed by atoms with Crippen molar-refractivity contribution in [3.63, 3.8) is 0 Å². The van der Waals surface area contributed by atoms with Crippen molar-refractivity contribution >= 4 is 21.6 Å². The molecule has 16 heavy (non-hydrogen) atoms. The van der Waals surface area contributed by atoms with Crippen LogP contribution in [0.25, 0.3) is 17.0 Å². The quantitative estimate of drug-likeness (QED) is 0.641. The summed E-state index contributed by atoms with van der Waals surface area (Å²) in [6, 6.07) is 9.57. The third-order valence-electron chi connectivity index (χ3n) is 2.25. The first-order valence-electron chi connectivity index (χ1n) is 4.76. The molecule has 4 nitrogen and oxygen atoms in total. The Labute approximate surface area is 100 Å². The second-order valence-electron chi connectivity index (χ2n) is 3.29. The van der Waals surface area contributed by atoms with Gasteiger partial charge in [-0.25, -0.2) is 9.50 Å². The van der Waals surface area contributed by atoms with Crippen LogP contribution in [-0.4, -0.2) is 19.6 Å². The van der Waals surface area contributed by atoms with Gasteiger partial charge in [-0.15, -0.1) is 5.10 Å². The van der Waals surface area contributed by atoms with Gasteiger partial charge in [0.05, 0.1) is 0 Å². The van der Waals surface area contributed by atoms with E-state index in [0.717, 1.165) is 15.8 Å². The third-order valence-corrected chi connectivity index (χ3v) is 2.85. The lowest BCUT2D eigenvalue weighted by molar-refractivity contribution is 0.939. The Morgan fingerprint density at radius 1 is 1.06 bits per heavy atom. The Hall–Kier alpha value is -1.75. The van der Waals surface area contributed by atoms with Gasteiger partial charge in [0.25, 0.3) is 0 Å². The Balaban J connectivity index is 2.23. The van der Waals surface area contributed by atoms with Gasteiger partial charge in [0.2, 0.25) is 0 Å². The normalized spacial score (nSPS) is 10.8. The second kappa shape index (κ2) is 3.68. The predicted molar refractivity (Wildman–Crippen MR) is 63.9 cm³/mol. The summed E-state index contributed by atoms with van der Waals surface area (Å²) in [5.41, 5.74) is 1.78. The van der Waals surface area contributed by atoms with Crippen molar-refractivity contribution in [2.75, 3.05) is 0 Å². The summed E-state index contributed by atoms with van der Waals surface area (Å²) in [6.45, 7) is 0. The summed E-state index contributed by atoms with van der Waals surface area (Å²) in [5.74, 6) is 0.703. The molecule has 3 rings (SSSR count). The molecule has 78 valence electrons. The van der Waals surface area contributed by atoms with Gasteiger partial charge in [-0.2, -0.15) is 0 Å². The van der Waals surface area contributed by atoms with Crippen molar-refractivity contribution in [3.05, 3.63) is 47.3 Å². The van der Waals surface area contributed by atoms with Gasteiger partial charge in [-0.3, -0.25) is 4.98 Å². The molecule has 0 N–H and O–H groups in total. The zero-order chi connectivity index (χ0) is 11.0. The molecule has 0 saturated carbocycles. The van der Waals surface area contributed by atoms with E-state index in [4.69, 9.17) is 0 Å². The van der Waals surface area contributed by atoms with E-state index in [1.165, 1.54) is 0 Å². The number of fused-ring (bicyclic) bond motifs is 1. The second-order valence-corrected chi connectivity index (χ2v) is 4.10. The molecule has 0 aliphatic heterocycles. The predicted octanol–water partition coefficient (Wildman–Crippen LogP) is 2.55. The first kappa shape index (κ1) is 9.47. The molecule has 0 unspecified atom stereocenters. The van der Waals surface area contributed by atoms with Crippen LogP contribution in [0.2, 0.25) is 0 Å².